The number of rotatable bonds is 4. The summed E-state index contributed by atoms with van der Waals surface area (Å²) >= 11 is 0. The molecular weight excluding hydrogens is 264 g/mol. The number of epoxide rings is 1. The molecule has 0 bridgehead atoms. The van der Waals surface area contributed by atoms with Crippen LogP contribution in [0.15, 0.2) is 30.3 Å². The lowest BCUT2D eigenvalue weighted by atomic mass is 10.0. The van der Waals surface area contributed by atoms with Crippen LogP contribution < -0.4 is 16.2 Å². The van der Waals surface area contributed by atoms with Gasteiger partial charge in [0.25, 0.3) is 0 Å². The Morgan fingerprint density at radius 1 is 1.10 bits per heavy atom. The highest BCUT2D eigenvalue weighted by Crippen LogP contribution is 2.33. The second kappa shape index (κ2) is 5.30. The maximum absolute atomic E-state index is 6.04. The highest BCUT2D eigenvalue weighted by Gasteiger charge is 2.24. The number of benzene rings is 2. The first-order valence-corrected chi connectivity index (χ1v) is 7.07. The lowest BCUT2D eigenvalue weighted by Crippen LogP contribution is -2.01. The minimum Gasteiger partial charge on any atom is -0.457 e. The van der Waals surface area contributed by atoms with Crippen molar-refractivity contribution < 1.29 is 9.47 Å². The highest BCUT2D eigenvalue weighted by atomic mass is 16.6. The first-order valence-electron chi connectivity index (χ1n) is 7.07. The Hall–Kier alpha value is -2.20. The van der Waals surface area contributed by atoms with Crippen molar-refractivity contribution in [3.8, 4) is 11.5 Å². The highest BCUT2D eigenvalue weighted by molar-refractivity contribution is 5.56. The van der Waals surface area contributed by atoms with Gasteiger partial charge in [0.15, 0.2) is 0 Å². The van der Waals surface area contributed by atoms with Gasteiger partial charge in [0.05, 0.1) is 12.7 Å². The maximum Gasteiger partial charge on any atom is 0.131 e. The molecule has 1 saturated heterocycles. The lowest BCUT2D eigenvalue weighted by molar-refractivity contribution is 0.403. The fourth-order valence-electron chi connectivity index (χ4n) is 2.27. The van der Waals surface area contributed by atoms with E-state index < -0.39 is 0 Å². The van der Waals surface area contributed by atoms with Crippen molar-refractivity contribution in [2.24, 2.45) is 0 Å². The Balaban J connectivity index is 1.91. The molecular formula is C17H20N2O2. The average molecular weight is 284 g/mol. The van der Waals surface area contributed by atoms with Crippen LogP contribution >= 0.6 is 0 Å². The van der Waals surface area contributed by atoms with Gasteiger partial charge in [-0.25, -0.2) is 0 Å². The number of anilines is 2. The zero-order valence-electron chi connectivity index (χ0n) is 12.3. The van der Waals surface area contributed by atoms with E-state index in [9.17, 15) is 0 Å². The van der Waals surface area contributed by atoms with Crippen LogP contribution in [0.25, 0.3) is 0 Å². The molecule has 110 valence electrons. The number of hydrogen-bond donors (Lipinski definition) is 2. The number of nitrogen functional groups attached to an aromatic ring is 2. The molecule has 21 heavy (non-hydrogen) atoms. The van der Waals surface area contributed by atoms with Gasteiger partial charge >= 0.3 is 0 Å². The van der Waals surface area contributed by atoms with Crippen molar-refractivity contribution in [2.75, 3.05) is 18.1 Å². The van der Waals surface area contributed by atoms with Crippen molar-refractivity contribution >= 4 is 11.4 Å². The summed E-state index contributed by atoms with van der Waals surface area (Å²) in [6, 6.07) is 9.65. The Morgan fingerprint density at radius 2 is 1.81 bits per heavy atom. The average Bonchev–Trinajstić information content (AvgIpc) is 3.24. The number of nitrogens with two attached hydrogens (primary N) is 2. The molecule has 0 amide bonds. The van der Waals surface area contributed by atoms with Crippen molar-refractivity contribution in [3.63, 3.8) is 0 Å². The molecule has 1 aliphatic heterocycles. The first kappa shape index (κ1) is 13.8. The third-order valence-electron chi connectivity index (χ3n) is 3.77. The Morgan fingerprint density at radius 3 is 2.48 bits per heavy atom. The van der Waals surface area contributed by atoms with Crippen molar-refractivity contribution in [1.82, 2.24) is 0 Å². The Labute approximate surface area is 124 Å². The van der Waals surface area contributed by atoms with E-state index in [1.54, 1.807) is 0 Å². The summed E-state index contributed by atoms with van der Waals surface area (Å²) in [5, 5.41) is 0. The fraction of sp³-hybridized carbons (Fsp3) is 0.294. The molecule has 0 saturated carbocycles. The van der Waals surface area contributed by atoms with Crippen molar-refractivity contribution in [1.29, 1.82) is 0 Å². The zero-order valence-corrected chi connectivity index (χ0v) is 12.3. The van der Waals surface area contributed by atoms with Crippen LogP contribution in [0.1, 0.15) is 16.7 Å². The molecule has 3 rings (SSSR count). The van der Waals surface area contributed by atoms with Gasteiger partial charge in [-0.05, 0) is 60.9 Å². The topological polar surface area (TPSA) is 73.8 Å². The molecule has 1 heterocycles. The fourth-order valence-corrected chi connectivity index (χ4v) is 2.27. The molecule has 1 atom stereocenters. The van der Waals surface area contributed by atoms with Crippen LogP contribution in [0, 0.1) is 13.8 Å². The number of hydrogen-bond acceptors (Lipinski definition) is 4. The molecule has 0 aliphatic carbocycles. The molecule has 1 aliphatic rings. The van der Waals surface area contributed by atoms with Crippen LogP contribution in [0.2, 0.25) is 0 Å². The van der Waals surface area contributed by atoms with Crippen LogP contribution in [0.4, 0.5) is 11.4 Å². The predicted molar refractivity (Wildman–Crippen MR) is 84.7 cm³/mol. The molecule has 0 spiro atoms. The second-order valence-corrected chi connectivity index (χ2v) is 5.60. The summed E-state index contributed by atoms with van der Waals surface area (Å²) in [6.45, 7) is 4.76. The van der Waals surface area contributed by atoms with Crippen LogP contribution in [0.5, 0.6) is 11.5 Å². The molecule has 0 aromatic heterocycles. The second-order valence-electron chi connectivity index (χ2n) is 5.60. The lowest BCUT2D eigenvalue weighted by Gasteiger charge is -2.14. The summed E-state index contributed by atoms with van der Waals surface area (Å²) in [7, 11) is 0. The van der Waals surface area contributed by atoms with Gasteiger partial charge in [-0.2, -0.15) is 0 Å². The molecule has 1 unspecified atom stereocenters. The third kappa shape index (κ3) is 3.11. The number of ether oxygens (including phenoxy) is 2. The van der Waals surface area contributed by atoms with Crippen LogP contribution in [-0.4, -0.2) is 12.7 Å². The summed E-state index contributed by atoms with van der Waals surface area (Å²) in [4.78, 5) is 0. The normalized spacial score (nSPS) is 16.8. The predicted octanol–water partition coefficient (Wildman–Crippen LogP) is 3.20. The van der Waals surface area contributed by atoms with Crippen molar-refractivity contribution in [2.45, 2.75) is 26.4 Å². The molecule has 2 aromatic rings. The van der Waals surface area contributed by atoms with Gasteiger partial charge in [-0.15, -0.1) is 0 Å². The van der Waals surface area contributed by atoms with E-state index >= 15 is 0 Å². The number of aryl methyl sites for hydroxylation is 2. The van der Waals surface area contributed by atoms with Gasteiger partial charge < -0.3 is 20.9 Å². The van der Waals surface area contributed by atoms with Crippen molar-refractivity contribution in [3.05, 3.63) is 47.0 Å². The van der Waals surface area contributed by atoms with E-state index in [2.05, 4.69) is 0 Å². The molecule has 4 heteroatoms. The zero-order chi connectivity index (χ0) is 15.0. The third-order valence-corrected chi connectivity index (χ3v) is 3.77. The van der Waals surface area contributed by atoms with Crippen LogP contribution in [-0.2, 0) is 11.2 Å². The molecule has 2 aromatic carbocycles. The SMILES string of the molecule is Cc1cc(Oc2cc(C)c(N)cc2CC2CO2)ccc1N. The van der Waals surface area contributed by atoms with Gasteiger partial charge in [0.2, 0.25) is 0 Å². The first-order chi connectivity index (χ1) is 10.0. The van der Waals surface area contributed by atoms with E-state index in [1.807, 2.05) is 44.2 Å². The monoisotopic (exact) mass is 284 g/mol. The molecule has 0 radical (unpaired) electrons. The maximum atomic E-state index is 6.04. The standard InChI is InChI=1S/C17H20N2O2/c1-10-5-13(3-4-15(10)18)21-17-6-11(2)16(19)8-12(17)7-14-9-20-14/h3-6,8,14H,7,9,18-19H2,1-2H3. The van der Waals surface area contributed by atoms with E-state index in [1.165, 1.54) is 0 Å². The Bertz CT molecular complexity index is 679. The molecule has 4 nitrogen and oxygen atoms in total. The minimum atomic E-state index is 0.294. The minimum absolute atomic E-state index is 0.294. The van der Waals surface area contributed by atoms with E-state index in [-0.39, 0.29) is 0 Å². The summed E-state index contributed by atoms with van der Waals surface area (Å²) in [5.41, 5.74) is 16.5. The van der Waals surface area contributed by atoms with Gasteiger partial charge in [0, 0.05) is 17.8 Å². The van der Waals surface area contributed by atoms with Crippen LogP contribution in [0.3, 0.4) is 0 Å². The summed E-state index contributed by atoms with van der Waals surface area (Å²) in [5.74, 6) is 1.62. The van der Waals surface area contributed by atoms with E-state index in [0.29, 0.717) is 6.10 Å². The summed E-state index contributed by atoms with van der Waals surface area (Å²) < 4.78 is 11.4. The van der Waals surface area contributed by atoms with E-state index in [0.717, 1.165) is 52.6 Å². The molecule has 1 fully saturated rings. The summed E-state index contributed by atoms with van der Waals surface area (Å²) in [6.07, 6.45) is 1.12. The smallest absolute Gasteiger partial charge is 0.131 e. The van der Waals surface area contributed by atoms with Gasteiger partial charge in [-0.3, -0.25) is 0 Å². The van der Waals surface area contributed by atoms with Gasteiger partial charge in [0.1, 0.15) is 11.5 Å². The quantitative estimate of drug-likeness (QED) is 0.668. The largest absolute Gasteiger partial charge is 0.457 e. The van der Waals surface area contributed by atoms with E-state index in [4.69, 9.17) is 20.9 Å². The Kier molecular flexibility index (Phi) is 3.47. The van der Waals surface area contributed by atoms with Gasteiger partial charge in [-0.1, -0.05) is 0 Å². The molecule has 4 N–H and O–H groups in total.